The maximum Gasteiger partial charge on any atom is 0.354 e. The lowest BCUT2D eigenvalue weighted by molar-refractivity contribution is 0.0690. The number of benzene rings is 1. The molecule has 2 aromatic rings. The summed E-state index contributed by atoms with van der Waals surface area (Å²) in [5.41, 5.74) is 2.54. The summed E-state index contributed by atoms with van der Waals surface area (Å²) in [6.45, 7) is 8.66. The first-order chi connectivity index (χ1) is 12.5. The van der Waals surface area contributed by atoms with Gasteiger partial charge < -0.3 is 10.4 Å². The zero-order valence-corrected chi connectivity index (χ0v) is 15.5. The number of carboxylic acids is 1. The lowest BCUT2D eigenvalue weighted by Gasteiger charge is -2.35. The number of rotatable bonds is 6. The van der Waals surface area contributed by atoms with Crippen LogP contribution in [-0.4, -0.2) is 34.0 Å². The third-order valence-corrected chi connectivity index (χ3v) is 4.82. The number of hydrogen-bond acceptors (Lipinski definition) is 4. The molecule has 0 bridgehead atoms. The molecule has 0 amide bonds. The van der Waals surface area contributed by atoms with Gasteiger partial charge in [0.05, 0.1) is 0 Å². The smallest absolute Gasteiger partial charge is 0.354 e. The number of aromatic carboxylic acids is 1. The fraction of sp³-hybridized carbons (Fsp3) is 0.429. The average Bonchev–Trinajstić information content (AvgIpc) is 2.60. The Kier molecular flexibility index (Phi) is 5.89. The highest BCUT2D eigenvalue weighted by atomic mass is 16.4. The molecule has 1 aliphatic heterocycles. The molecule has 2 unspecified atom stereocenters. The largest absolute Gasteiger partial charge is 0.477 e. The highest BCUT2D eigenvalue weighted by Gasteiger charge is 2.21. The fourth-order valence-corrected chi connectivity index (χ4v) is 3.79. The molecule has 0 spiro atoms. The summed E-state index contributed by atoms with van der Waals surface area (Å²) in [5.74, 6) is 1.11. The van der Waals surface area contributed by atoms with Crippen LogP contribution in [-0.2, 0) is 13.1 Å². The van der Waals surface area contributed by atoms with Crippen LogP contribution in [0, 0.1) is 11.8 Å². The fourth-order valence-electron chi connectivity index (χ4n) is 3.79. The number of pyridine rings is 1. The van der Waals surface area contributed by atoms with Crippen LogP contribution in [0.4, 0.5) is 5.82 Å². The Morgan fingerprint density at radius 3 is 2.42 bits per heavy atom. The van der Waals surface area contributed by atoms with E-state index in [4.69, 9.17) is 5.11 Å². The summed E-state index contributed by atoms with van der Waals surface area (Å²) < 4.78 is 0. The summed E-state index contributed by atoms with van der Waals surface area (Å²) in [6, 6.07) is 13.6. The molecule has 2 heterocycles. The molecule has 26 heavy (non-hydrogen) atoms. The molecular formula is C21H27N3O2. The van der Waals surface area contributed by atoms with Crippen LogP contribution in [0.5, 0.6) is 0 Å². The zero-order valence-electron chi connectivity index (χ0n) is 15.5. The van der Waals surface area contributed by atoms with E-state index < -0.39 is 5.97 Å². The quantitative estimate of drug-likeness (QED) is 0.825. The summed E-state index contributed by atoms with van der Waals surface area (Å²) in [7, 11) is 0. The number of piperidine rings is 1. The lowest BCUT2D eigenvalue weighted by atomic mass is 9.91. The molecule has 138 valence electrons. The Morgan fingerprint density at radius 1 is 1.12 bits per heavy atom. The predicted octanol–water partition coefficient (Wildman–Crippen LogP) is 3.87. The molecule has 1 aromatic heterocycles. The van der Waals surface area contributed by atoms with E-state index in [1.54, 1.807) is 12.1 Å². The van der Waals surface area contributed by atoms with E-state index >= 15 is 0 Å². The van der Waals surface area contributed by atoms with Gasteiger partial charge in [0.25, 0.3) is 0 Å². The first-order valence-corrected chi connectivity index (χ1v) is 9.24. The summed E-state index contributed by atoms with van der Waals surface area (Å²) >= 11 is 0. The highest BCUT2D eigenvalue weighted by Crippen LogP contribution is 2.22. The number of hydrogen-bond donors (Lipinski definition) is 2. The molecule has 1 fully saturated rings. The predicted molar refractivity (Wildman–Crippen MR) is 103 cm³/mol. The maximum atomic E-state index is 11.0. The zero-order chi connectivity index (χ0) is 18.5. The van der Waals surface area contributed by atoms with Crippen LogP contribution >= 0.6 is 0 Å². The first-order valence-electron chi connectivity index (χ1n) is 9.24. The number of carboxylic acid groups (broad SMARTS) is 1. The van der Waals surface area contributed by atoms with Crippen LogP contribution < -0.4 is 5.32 Å². The highest BCUT2D eigenvalue weighted by molar-refractivity contribution is 5.85. The monoisotopic (exact) mass is 353 g/mol. The van der Waals surface area contributed by atoms with Crippen molar-refractivity contribution < 1.29 is 9.90 Å². The molecule has 1 aromatic carbocycles. The van der Waals surface area contributed by atoms with Crippen LogP contribution in [0.15, 0.2) is 42.5 Å². The second-order valence-corrected chi connectivity index (χ2v) is 7.52. The van der Waals surface area contributed by atoms with Crippen LogP contribution in [0.3, 0.4) is 0 Å². The van der Waals surface area contributed by atoms with Gasteiger partial charge in [-0.25, -0.2) is 9.78 Å². The van der Waals surface area contributed by atoms with Crippen molar-refractivity contribution in [3.8, 4) is 0 Å². The van der Waals surface area contributed by atoms with E-state index in [2.05, 4.69) is 53.3 Å². The Balaban J connectivity index is 1.54. The SMILES string of the molecule is CC1CC(C)CN(Cc2ccc(CNc3cccc(C(=O)O)n3)cc2)C1. The molecule has 2 atom stereocenters. The summed E-state index contributed by atoms with van der Waals surface area (Å²) in [4.78, 5) is 17.6. The summed E-state index contributed by atoms with van der Waals surface area (Å²) in [5, 5.41) is 12.2. The van der Waals surface area contributed by atoms with Gasteiger partial charge in [0, 0.05) is 26.2 Å². The van der Waals surface area contributed by atoms with Crippen molar-refractivity contribution in [1.29, 1.82) is 0 Å². The molecule has 2 N–H and O–H groups in total. The topological polar surface area (TPSA) is 65.5 Å². The van der Waals surface area contributed by atoms with Crippen molar-refractivity contribution in [1.82, 2.24) is 9.88 Å². The van der Waals surface area contributed by atoms with Crippen molar-refractivity contribution in [2.24, 2.45) is 11.8 Å². The molecule has 5 nitrogen and oxygen atoms in total. The van der Waals surface area contributed by atoms with Gasteiger partial charge in [0.15, 0.2) is 5.69 Å². The van der Waals surface area contributed by atoms with Gasteiger partial charge in [-0.15, -0.1) is 0 Å². The van der Waals surface area contributed by atoms with Gasteiger partial charge in [-0.1, -0.05) is 44.2 Å². The van der Waals surface area contributed by atoms with Gasteiger partial charge in [-0.2, -0.15) is 0 Å². The second-order valence-electron chi connectivity index (χ2n) is 7.52. The van der Waals surface area contributed by atoms with Gasteiger partial charge in [-0.3, -0.25) is 4.90 Å². The number of anilines is 1. The van der Waals surface area contributed by atoms with E-state index in [9.17, 15) is 4.79 Å². The van der Waals surface area contributed by atoms with Crippen molar-refractivity contribution in [2.45, 2.75) is 33.4 Å². The third kappa shape index (κ3) is 5.05. The number of aromatic nitrogens is 1. The normalized spacial score (nSPS) is 20.7. The number of carbonyl (C=O) groups is 1. The van der Waals surface area contributed by atoms with E-state index in [-0.39, 0.29) is 5.69 Å². The van der Waals surface area contributed by atoms with Crippen molar-refractivity contribution >= 4 is 11.8 Å². The van der Waals surface area contributed by atoms with Gasteiger partial charge in [0.1, 0.15) is 5.82 Å². The van der Waals surface area contributed by atoms with Crippen LogP contribution in [0.25, 0.3) is 0 Å². The van der Waals surface area contributed by atoms with E-state index in [0.29, 0.717) is 12.4 Å². The molecule has 0 saturated carbocycles. The van der Waals surface area contributed by atoms with E-state index in [0.717, 1.165) is 23.9 Å². The third-order valence-electron chi connectivity index (χ3n) is 4.82. The van der Waals surface area contributed by atoms with Gasteiger partial charge in [-0.05, 0) is 41.5 Å². The molecular weight excluding hydrogens is 326 g/mol. The lowest BCUT2D eigenvalue weighted by Crippen LogP contribution is -2.38. The Hall–Kier alpha value is -2.40. The Labute approximate surface area is 155 Å². The second kappa shape index (κ2) is 8.32. The molecule has 0 radical (unpaired) electrons. The van der Waals surface area contributed by atoms with Crippen LogP contribution in [0.1, 0.15) is 41.9 Å². The van der Waals surface area contributed by atoms with Gasteiger partial charge >= 0.3 is 5.97 Å². The van der Waals surface area contributed by atoms with Crippen LogP contribution in [0.2, 0.25) is 0 Å². The average molecular weight is 353 g/mol. The minimum Gasteiger partial charge on any atom is -0.477 e. The first kappa shape index (κ1) is 18.4. The van der Waals surface area contributed by atoms with Crippen molar-refractivity contribution in [3.63, 3.8) is 0 Å². The number of nitrogens with one attached hydrogen (secondary N) is 1. The maximum absolute atomic E-state index is 11.0. The Morgan fingerprint density at radius 2 is 1.77 bits per heavy atom. The van der Waals surface area contributed by atoms with Gasteiger partial charge in [0.2, 0.25) is 0 Å². The van der Waals surface area contributed by atoms with Crippen molar-refractivity contribution in [3.05, 3.63) is 59.3 Å². The summed E-state index contributed by atoms with van der Waals surface area (Å²) in [6.07, 6.45) is 1.33. The standard InChI is InChI=1S/C21H27N3O2/c1-15-10-16(2)13-24(12-15)14-18-8-6-17(7-9-18)11-22-20-5-3-4-19(23-20)21(25)26/h3-9,15-16H,10-14H2,1-2H3,(H,22,23)(H,25,26). The molecule has 1 aliphatic rings. The van der Waals surface area contributed by atoms with E-state index in [1.165, 1.54) is 31.1 Å². The number of nitrogens with zero attached hydrogens (tertiary/aromatic N) is 2. The Bertz CT molecular complexity index is 735. The molecule has 3 rings (SSSR count). The number of likely N-dealkylation sites (tertiary alicyclic amines) is 1. The minimum absolute atomic E-state index is 0.0512. The minimum atomic E-state index is -1.01. The molecule has 5 heteroatoms. The van der Waals surface area contributed by atoms with E-state index in [1.807, 2.05) is 0 Å². The molecule has 0 aliphatic carbocycles. The molecule has 1 saturated heterocycles. The van der Waals surface area contributed by atoms with Crippen molar-refractivity contribution in [2.75, 3.05) is 18.4 Å².